The highest BCUT2D eigenvalue weighted by molar-refractivity contribution is 4.92. The second-order valence-corrected chi connectivity index (χ2v) is 4.98. The van der Waals surface area contributed by atoms with E-state index in [2.05, 4.69) is 19.3 Å². The lowest BCUT2D eigenvalue weighted by molar-refractivity contribution is 0.0989. The minimum Gasteiger partial charge on any atom is -0.378 e. The predicted octanol–water partition coefficient (Wildman–Crippen LogP) is 2.19. The normalized spacial score (nSPS) is 38.6. The van der Waals surface area contributed by atoms with E-state index in [0.717, 1.165) is 24.5 Å². The summed E-state index contributed by atoms with van der Waals surface area (Å²) in [4.78, 5) is 0. The third kappa shape index (κ3) is 2.48. The number of hydrogen-bond acceptors (Lipinski definition) is 2. The minimum absolute atomic E-state index is 0.569. The second kappa shape index (κ2) is 4.63. The van der Waals surface area contributed by atoms with Crippen LogP contribution < -0.4 is 5.32 Å². The van der Waals surface area contributed by atoms with Gasteiger partial charge in [0.1, 0.15) is 0 Å². The lowest BCUT2D eigenvalue weighted by Gasteiger charge is -2.18. The van der Waals surface area contributed by atoms with Crippen LogP contribution in [0.5, 0.6) is 0 Å². The minimum atomic E-state index is 0.569. The van der Waals surface area contributed by atoms with E-state index < -0.39 is 0 Å². The summed E-state index contributed by atoms with van der Waals surface area (Å²) in [6.45, 7) is 3.36. The van der Waals surface area contributed by atoms with E-state index >= 15 is 0 Å². The Hall–Kier alpha value is -0.0800. The van der Waals surface area contributed by atoms with E-state index in [-0.39, 0.29) is 0 Å². The van der Waals surface area contributed by atoms with Gasteiger partial charge < -0.3 is 10.1 Å². The van der Waals surface area contributed by atoms with E-state index in [1.165, 1.54) is 32.1 Å². The van der Waals surface area contributed by atoms with Gasteiger partial charge in [0.05, 0.1) is 6.10 Å². The average Bonchev–Trinajstić information content (AvgIpc) is 2.69. The van der Waals surface area contributed by atoms with E-state index in [1.807, 2.05) is 0 Å². The Morgan fingerprint density at radius 2 is 2.29 bits per heavy atom. The van der Waals surface area contributed by atoms with E-state index in [4.69, 9.17) is 4.74 Å². The van der Waals surface area contributed by atoms with Crippen molar-refractivity contribution >= 4 is 0 Å². The van der Waals surface area contributed by atoms with Crippen molar-refractivity contribution in [3.63, 3.8) is 0 Å². The topological polar surface area (TPSA) is 21.3 Å². The van der Waals surface area contributed by atoms with Crippen LogP contribution in [-0.2, 0) is 4.74 Å². The maximum absolute atomic E-state index is 5.65. The number of nitrogens with one attached hydrogen (secondary N) is 1. The fourth-order valence-electron chi connectivity index (χ4n) is 2.72. The second-order valence-electron chi connectivity index (χ2n) is 4.98. The van der Waals surface area contributed by atoms with Gasteiger partial charge in [-0.3, -0.25) is 0 Å². The summed E-state index contributed by atoms with van der Waals surface area (Å²) in [5.41, 5.74) is 0. The zero-order valence-corrected chi connectivity index (χ0v) is 9.46. The third-order valence-electron chi connectivity index (χ3n) is 3.88. The Kier molecular flexibility index (Phi) is 3.45. The number of ether oxygens (including phenoxy) is 1. The van der Waals surface area contributed by atoms with Crippen molar-refractivity contribution < 1.29 is 4.74 Å². The largest absolute Gasteiger partial charge is 0.378 e. The molecule has 2 fully saturated rings. The zero-order chi connectivity index (χ0) is 9.97. The smallest absolute Gasteiger partial charge is 0.0576 e. The van der Waals surface area contributed by atoms with Crippen LogP contribution in [0.3, 0.4) is 0 Å². The Morgan fingerprint density at radius 1 is 1.50 bits per heavy atom. The first-order valence-corrected chi connectivity index (χ1v) is 6.10. The molecule has 1 aliphatic heterocycles. The van der Waals surface area contributed by atoms with Gasteiger partial charge in [0.25, 0.3) is 0 Å². The molecule has 1 saturated carbocycles. The highest BCUT2D eigenvalue weighted by Crippen LogP contribution is 2.42. The van der Waals surface area contributed by atoms with Crippen LogP contribution in [0, 0.1) is 11.8 Å². The fourth-order valence-corrected chi connectivity index (χ4v) is 2.72. The van der Waals surface area contributed by atoms with Crippen LogP contribution in [0.15, 0.2) is 0 Å². The molecule has 0 aromatic carbocycles. The molecule has 1 N–H and O–H groups in total. The lowest BCUT2D eigenvalue weighted by atomic mass is 10.0. The molecule has 2 nitrogen and oxygen atoms in total. The lowest BCUT2D eigenvalue weighted by Crippen LogP contribution is -2.29. The Morgan fingerprint density at radius 3 is 2.79 bits per heavy atom. The van der Waals surface area contributed by atoms with Gasteiger partial charge >= 0.3 is 0 Å². The molecule has 0 radical (unpaired) electrons. The first-order chi connectivity index (χ1) is 6.81. The van der Waals surface area contributed by atoms with Crippen LogP contribution >= 0.6 is 0 Å². The summed E-state index contributed by atoms with van der Waals surface area (Å²) in [7, 11) is 2.10. The fraction of sp³-hybridized carbons (Fsp3) is 1.00. The van der Waals surface area contributed by atoms with Gasteiger partial charge in [0.15, 0.2) is 0 Å². The molecule has 2 aliphatic rings. The molecule has 14 heavy (non-hydrogen) atoms. The van der Waals surface area contributed by atoms with Gasteiger partial charge in [0.2, 0.25) is 0 Å². The maximum Gasteiger partial charge on any atom is 0.0576 e. The standard InChI is InChI=1S/C12H23NO/c1-9-8-11(9)12(13-2)6-5-10-4-3-7-14-10/h9-13H,3-8H2,1-2H3. The van der Waals surface area contributed by atoms with Crippen molar-refractivity contribution in [3.8, 4) is 0 Å². The molecule has 4 atom stereocenters. The van der Waals surface area contributed by atoms with Gasteiger partial charge in [-0.15, -0.1) is 0 Å². The van der Waals surface area contributed by atoms with E-state index in [9.17, 15) is 0 Å². The first-order valence-electron chi connectivity index (χ1n) is 6.10. The Balaban J connectivity index is 1.67. The molecule has 82 valence electrons. The molecule has 2 heteroatoms. The van der Waals surface area contributed by atoms with Gasteiger partial charge in [0, 0.05) is 12.6 Å². The van der Waals surface area contributed by atoms with Crippen molar-refractivity contribution in [1.29, 1.82) is 0 Å². The highest BCUT2D eigenvalue weighted by Gasteiger charge is 2.38. The summed E-state index contributed by atoms with van der Waals surface area (Å²) in [5.74, 6) is 1.90. The molecule has 1 heterocycles. The van der Waals surface area contributed by atoms with Gasteiger partial charge in [-0.25, -0.2) is 0 Å². The van der Waals surface area contributed by atoms with E-state index in [0.29, 0.717) is 6.10 Å². The van der Waals surface area contributed by atoms with Crippen LogP contribution in [0.2, 0.25) is 0 Å². The van der Waals surface area contributed by atoms with Crippen molar-refractivity contribution in [1.82, 2.24) is 5.32 Å². The quantitative estimate of drug-likeness (QED) is 0.729. The number of rotatable bonds is 5. The van der Waals surface area contributed by atoms with Gasteiger partial charge in [-0.05, 0) is 51.0 Å². The van der Waals surface area contributed by atoms with Crippen LogP contribution in [-0.4, -0.2) is 25.8 Å². The summed E-state index contributed by atoms with van der Waals surface area (Å²) in [5, 5.41) is 3.46. The molecular formula is C12H23NO. The molecule has 0 aromatic rings. The molecule has 0 spiro atoms. The Labute approximate surface area is 87.4 Å². The van der Waals surface area contributed by atoms with E-state index in [1.54, 1.807) is 0 Å². The van der Waals surface area contributed by atoms with Gasteiger partial charge in [-0.1, -0.05) is 6.92 Å². The molecule has 2 rings (SSSR count). The molecular weight excluding hydrogens is 174 g/mol. The van der Waals surface area contributed by atoms with Crippen molar-refractivity contribution in [2.75, 3.05) is 13.7 Å². The SMILES string of the molecule is CNC(CCC1CCCO1)C1CC1C. The molecule has 1 saturated heterocycles. The molecule has 0 bridgehead atoms. The summed E-state index contributed by atoms with van der Waals surface area (Å²) < 4.78 is 5.65. The highest BCUT2D eigenvalue weighted by atomic mass is 16.5. The first kappa shape index (κ1) is 10.4. The predicted molar refractivity (Wildman–Crippen MR) is 58.3 cm³/mol. The van der Waals surface area contributed by atoms with Crippen molar-refractivity contribution in [2.45, 2.75) is 51.2 Å². The molecule has 4 unspecified atom stereocenters. The monoisotopic (exact) mass is 197 g/mol. The molecule has 1 aliphatic carbocycles. The summed E-state index contributed by atoms with van der Waals surface area (Å²) in [6.07, 6.45) is 7.12. The van der Waals surface area contributed by atoms with Crippen LogP contribution in [0.1, 0.15) is 39.0 Å². The number of hydrogen-bond donors (Lipinski definition) is 1. The maximum atomic E-state index is 5.65. The van der Waals surface area contributed by atoms with Crippen LogP contribution in [0.25, 0.3) is 0 Å². The zero-order valence-electron chi connectivity index (χ0n) is 9.46. The third-order valence-corrected chi connectivity index (χ3v) is 3.88. The average molecular weight is 197 g/mol. The van der Waals surface area contributed by atoms with Gasteiger partial charge in [-0.2, -0.15) is 0 Å². The van der Waals surface area contributed by atoms with Crippen molar-refractivity contribution in [2.24, 2.45) is 11.8 Å². The van der Waals surface area contributed by atoms with Crippen LogP contribution in [0.4, 0.5) is 0 Å². The molecule has 0 amide bonds. The summed E-state index contributed by atoms with van der Waals surface area (Å²) >= 11 is 0. The summed E-state index contributed by atoms with van der Waals surface area (Å²) in [6, 6.07) is 0.745. The van der Waals surface area contributed by atoms with Crippen molar-refractivity contribution in [3.05, 3.63) is 0 Å². The molecule has 0 aromatic heterocycles. The Bertz CT molecular complexity index is 177.